The summed E-state index contributed by atoms with van der Waals surface area (Å²) in [5.41, 5.74) is 2.38. The van der Waals surface area contributed by atoms with Crippen molar-refractivity contribution in [3.8, 4) is 11.4 Å². The van der Waals surface area contributed by atoms with Crippen molar-refractivity contribution in [1.29, 1.82) is 0 Å². The highest BCUT2D eigenvalue weighted by Crippen LogP contribution is 2.32. The number of piperidine rings is 1. The largest absolute Gasteiger partial charge is 0.357 e. The van der Waals surface area contributed by atoms with Crippen molar-refractivity contribution in [1.82, 2.24) is 19.5 Å². The second-order valence-corrected chi connectivity index (χ2v) is 9.61. The van der Waals surface area contributed by atoms with Gasteiger partial charge in [-0.2, -0.15) is 0 Å². The average molecular weight is 406 g/mol. The highest BCUT2D eigenvalue weighted by atomic mass is 35.5. The molecule has 1 aliphatic heterocycles. The van der Waals surface area contributed by atoms with Crippen molar-refractivity contribution < 1.29 is 8.42 Å². The van der Waals surface area contributed by atoms with Crippen LogP contribution in [0.15, 0.2) is 30.6 Å². The van der Waals surface area contributed by atoms with E-state index in [4.69, 9.17) is 11.6 Å². The van der Waals surface area contributed by atoms with Crippen LogP contribution in [0.4, 0.5) is 5.82 Å². The second-order valence-electron chi connectivity index (χ2n) is 6.88. The molecule has 0 saturated carbocycles. The Morgan fingerprint density at radius 2 is 1.96 bits per heavy atom. The van der Waals surface area contributed by atoms with Crippen LogP contribution in [0.2, 0.25) is 5.02 Å². The zero-order valence-corrected chi connectivity index (χ0v) is 16.7. The van der Waals surface area contributed by atoms with Gasteiger partial charge in [-0.15, -0.1) is 0 Å². The minimum absolute atomic E-state index is 0.272. The second kappa shape index (κ2) is 6.76. The molecule has 0 aliphatic carbocycles. The molecule has 9 heteroatoms. The summed E-state index contributed by atoms with van der Waals surface area (Å²) in [5, 5.41) is 0.245. The van der Waals surface area contributed by atoms with Gasteiger partial charge in [-0.3, -0.25) is 0 Å². The topological polar surface area (TPSA) is 81.0 Å². The molecule has 0 atom stereocenters. The summed E-state index contributed by atoms with van der Waals surface area (Å²) in [6, 6.07) is 5.69. The maximum absolute atomic E-state index is 11.8. The molecule has 1 fully saturated rings. The van der Waals surface area contributed by atoms with Gasteiger partial charge < -0.3 is 9.47 Å². The van der Waals surface area contributed by atoms with Crippen molar-refractivity contribution in [2.75, 3.05) is 24.2 Å². The van der Waals surface area contributed by atoms with Crippen LogP contribution < -0.4 is 4.90 Å². The number of halogens is 1. The van der Waals surface area contributed by atoms with E-state index >= 15 is 0 Å². The third-order valence-corrected chi connectivity index (χ3v) is 7.06. The van der Waals surface area contributed by atoms with Crippen molar-refractivity contribution >= 4 is 38.4 Å². The third-order valence-electron chi connectivity index (χ3n) is 5.08. The molecule has 4 rings (SSSR count). The van der Waals surface area contributed by atoms with Gasteiger partial charge in [0.25, 0.3) is 0 Å². The molecule has 0 aromatic carbocycles. The summed E-state index contributed by atoms with van der Waals surface area (Å²) >= 11 is 6.42. The van der Waals surface area contributed by atoms with E-state index in [0.717, 1.165) is 28.4 Å². The molecule has 0 unspecified atom stereocenters. The Balaban J connectivity index is 1.67. The van der Waals surface area contributed by atoms with E-state index in [1.807, 2.05) is 29.8 Å². The molecule has 1 saturated heterocycles. The number of aromatic nitrogens is 4. The monoisotopic (exact) mass is 405 g/mol. The molecule has 0 amide bonds. The lowest BCUT2D eigenvalue weighted by molar-refractivity contribution is 0.532. The molecule has 0 spiro atoms. The van der Waals surface area contributed by atoms with Gasteiger partial charge in [-0.05, 0) is 31.0 Å². The number of fused-ring (bicyclic) bond motifs is 1. The minimum atomic E-state index is -3.00. The lowest BCUT2D eigenvalue weighted by Crippen LogP contribution is -2.39. The van der Waals surface area contributed by atoms with E-state index in [2.05, 4.69) is 19.9 Å². The van der Waals surface area contributed by atoms with Crippen LogP contribution in [0.1, 0.15) is 12.8 Å². The number of nitrogens with zero attached hydrogens (tertiary/aromatic N) is 5. The van der Waals surface area contributed by atoms with Crippen molar-refractivity contribution in [2.24, 2.45) is 7.05 Å². The van der Waals surface area contributed by atoms with Crippen LogP contribution in [-0.4, -0.2) is 52.5 Å². The van der Waals surface area contributed by atoms with Crippen molar-refractivity contribution in [2.45, 2.75) is 18.1 Å². The number of hydrogen-bond acceptors (Lipinski definition) is 6. The number of pyridine rings is 2. The Hall–Kier alpha value is -2.19. The van der Waals surface area contributed by atoms with E-state index in [-0.39, 0.29) is 5.25 Å². The molecule has 27 heavy (non-hydrogen) atoms. The number of sulfone groups is 1. The zero-order valence-electron chi connectivity index (χ0n) is 15.1. The van der Waals surface area contributed by atoms with Crippen LogP contribution in [0.3, 0.4) is 0 Å². The molecule has 1 aliphatic rings. The number of hydrogen-bond donors (Lipinski definition) is 0. The van der Waals surface area contributed by atoms with Crippen LogP contribution in [-0.2, 0) is 16.9 Å². The van der Waals surface area contributed by atoms with E-state index < -0.39 is 9.84 Å². The Bertz CT molecular complexity index is 1100. The fourth-order valence-electron chi connectivity index (χ4n) is 3.55. The SMILES string of the molecule is Cn1c(-c2cc(N3CCC(S(C)(=O)=O)CC3)ncc2Cl)nc2cccnc21. The molecule has 0 bridgehead atoms. The predicted octanol–water partition coefficient (Wildman–Crippen LogP) is 2.70. The lowest BCUT2D eigenvalue weighted by atomic mass is 10.1. The van der Waals surface area contributed by atoms with Crippen LogP contribution in [0.25, 0.3) is 22.6 Å². The Morgan fingerprint density at radius 3 is 2.63 bits per heavy atom. The molecular weight excluding hydrogens is 386 g/mol. The van der Waals surface area contributed by atoms with Gasteiger partial charge in [-0.1, -0.05) is 11.6 Å². The summed E-state index contributed by atoms with van der Waals surface area (Å²) in [6.07, 6.45) is 5.88. The summed E-state index contributed by atoms with van der Waals surface area (Å²) in [6.45, 7) is 1.30. The summed E-state index contributed by atoms with van der Waals surface area (Å²) in [7, 11) is -1.09. The van der Waals surface area contributed by atoms with Crippen LogP contribution in [0, 0.1) is 0 Å². The third kappa shape index (κ3) is 3.39. The normalized spacial score (nSPS) is 16.2. The van der Waals surface area contributed by atoms with Gasteiger partial charge in [0.1, 0.15) is 27.0 Å². The Kier molecular flexibility index (Phi) is 4.55. The van der Waals surface area contributed by atoms with Gasteiger partial charge in [0.2, 0.25) is 0 Å². The predicted molar refractivity (Wildman–Crippen MR) is 107 cm³/mol. The zero-order chi connectivity index (χ0) is 19.2. The number of aryl methyl sites for hydroxylation is 1. The highest BCUT2D eigenvalue weighted by Gasteiger charge is 2.27. The number of anilines is 1. The maximum Gasteiger partial charge on any atom is 0.159 e. The Labute approximate surface area is 162 Å². The standard InChI is InChI=1S/C18H20ClN5O2S/c1-23-17(22-15-4-3-7-20-18(15)23)13-10-16(21-11-14(13)19)24-8-5-12(6-9-24)27(2,25)26/h3-4,7,10-12H,5-6,8-9H2,1-2H3. The molecule has 4 heterocycles. The van der Waals surface area contributed by atoms with E-state index in [1.165, 1.54) is 6.26 Å². The maximum atomic E-state index is 11.8. The summed E-state index contributed by atoms with van der Waals surface area (Å²) in [5.74, 6) is 1.50. The molecule has 3 aromatic heterocycles. The lowest BCUT2D eigenvalue weighted by Gasteiger charge is -2.32. The fourth-order valence-corrected chi connectivity index (χ4v) is 4.80. The van der Waals surface area contributed by atoms with E-state index in [1.54, 1.807) is 12.4 Å². The first-order valence-electron chi connectivity index (χ1n) is 8.72. The molecular formula is C18H20ClN5O2S. The van der Waals surface area contributed by atoms with Gasteiger partial charge in [0, 0.05) is 44.4 Å². The van der Waals surface area contributed by atoms with E-state index in [0.29, 0.717) is 31.0 Å². The van der Waals surface area contributed by atoms with Gasteiger partial charge in [0.05, 0.1) is 10.3 Å². The minimum Gasteiger partial charge on any atom is -0.357 e. The van der Waals surface area contributed by atoms with Crippen molar-refractivity contribution in [3.63, 3.8) is 0 Å². The fraction of sp³-hybridized carbons (Fsp3) is 0.389. The van der Waals surface area contributed by atoms with E-state index in [9.17, 15) is 8.42 Å². The quantitative estimate of drug-likeness (QED) is 0.666. The molecule has 3 aromatic rings. The Morgan fingerprint density at radius 1 is 1.22 bits per heavy atom. The van der Waals surface area contributed by atoms with Crippen LogP contribution in [0.5, 0.6) is 0 Å². The average Bonchev–Trinajstić information content (AvgIpc) is 2.98. The molecule has 142 valence electrons. The van der Waals surface area contributed by atoms with Gasteiger partial charge in [-0.25, -0.2) is 23.4 Å². The molecule has 0 N–H and O–H groups in total. The van der Waals surface area contributed by atoms with Crippen LogP contribution >= 0.6 is 11.6 Å². The number of rotatable bonds is 3. The van der Waals surface area contributed by atoms with Gasteiger partial charge in [0.15, 0.2) is 5.65 Å². The molecule has 7 nitrogen and oxygen atoms in total. The first-order chi connectivity index (χ1) is 12.8. The first kappa shape index (κ1) is 18.2. The first-order valence-corrected chi connectivity index (χ1v) is 11.0. The van der Waals surface area contributed by atoms with Crippen molar-refractivity contribution in [3.05, 3.63) is 35.6 Å². The van der Waals surface area contributed by atoms with Gasteiger partial charge >= 0.3 is 0 Å². The summed E-state index contributed by atoms with van der Waals surface area (Å²) in [4.78, 5) is 15.6. The molecule has 0 radical (unpaired) electrons. The summed E-state index contributed by atoms with van der Waals surface area (Å²) < 4.78 is 25.4. The smallest absolute Gasteiger partial charge is 0.159 e. The number of imidazole rings is 1. The highest BCUT2D eigenvalue weighted by molar-refractivity contribution is 7.91.